The van der Waals surface area contributed by atoms with Crippen LogP contribution >= 0.6 is 11.3 Å². The molecule has 0 aromatic carbocycles. The number of amides is 1. The molecule has 1 aromatic rings. The minimum absolute atomic E-state index is 0.0268. The Bertz CT molecular complexity index is 649. The van der Waals surface area contributed by atoms with Crippen LogP contribution in [0.4, 0.5) is 0 Å². The molecule has 1 saturated carbocycles. The topological polar surface area (TPSA) is 70.5 Å². The summed E-state index contributed by atoms with van der Waals surface area (Å²) in [6, 6.07) is 0. The molecule has 2 fully saturated rings. The Balaban J connectivity index is 1.34. The van der Waals surface area contributed by atoms with E-state index in [1.54, 1.807) is 0 Å². The number of nitrogens with zero attached hydrogens (tertiary/aromatic N) is 2. The van der Waals surface area contributed by atoms with E-state index in [0.717, 1.165) is 38.8 Å². The van der Waals surface area contributed by atoms with Gasteiger partial charge in [-0.25, -0.2) is 4.98 Å². The Kier molecular flexibility index (Phi) is 4.56. The summed E-state index contributed by atoms with van der Waals surface area (Å²) in [4.78, 5) is 32.3. The largest absolute Gasteiger partial charge is 0.481 e. The fourth-order valence-electron chi connectivity index (χ4n) is 4.39. The van der Waals surface area contributed by atoms with Crippen LogP contribution in [0.1, 0.15) is 72.9 Å². The predicted molar refractivity (Wildman–Crippen MR) is 95.8 cm³/mol. The molecular weight excluding hydrogens is 336 g/mol. The van der Waals surface area contributed by atoms with Crippen molar-refractivity contribution >= 4 is 23.2 Å². The summed E-state index contributed by atoms with van der Waals surface area (Å²) >= 11 is 1.89. The van der Waals surface area contributed by atoms with Gasteiger partial charge in [0.05, 0.1) is 16.1 Å². The highest BCUT2D eigenvalue weighted by Crippen LogP contribution is 2.45. The number of carbonyl (C=O) groups is 2. The Labute approximate surface area is 152 Å². The monoisotopic (exact) mass is 362 g/mol. The van der Waals surface area contributed by atoms with Crippen LogP contribution in [-0.4, -0.2) is 40.0 Å². The average Bonchev–Trinajstić information content (AvgIpc) is 3.02. The lowest BCUT2D eigenvalue weighted by atomic mass is 9.66. The van der Waals surface area contributed by atoms with Crippen LogP contribution in [0.25, 0.3) is 0 Å². The molecule has 1 aromatic heterocycles. The number of aromatic nitrogens is 1. The van der Waals surface area contributed by atoms with E-state index in [4.69, 9.17) is 4.98 Å². The molecule has 0 spiro atoms. The third-order valence-electron chi connectivity index (χ3n) is 6.31. The molecule has 0 radical (unpaired) electrons. The zero-order chi connectivity index (χ0) is 17.4. The summed E-state index contributed by atoms with van der Waals surface area (Å²) in [6.07, 6.45) is 9.17. The molecule has 1 saturated heterocycles. The molecule has 5 nitrogen and oxygen atoms in total. The fraction of sp³-hybridized carbons (Fsp3) is 0.737. The molecule has 0 bridgehead atoms. The highest BCUT2D eigenvalue weighted by molar-refractivity contribution is 7.11. The highest BCUT2D eigenvalue weighted by atomic mass is 32.1. The van der Waals surface area contributed by atoms with E-state index in [0.29, 0.717) is 18.8 Å². The number of hydrogen-bond acceptors (Lipinski definition) is 4. The minimum Gasteiger partial charge on any atom is -0.481 e. The van der Waals surface area contributed by atoms with Gasteiger partial charge in [0.15, 0.2) is 0 Å². The van der Waals surface area contributed by atoms with Gasteiger partial charge in [-0.3, -0.25) is 9.59 Å². The molecule has 0 unspecified atom stereocenters. The predicted octanol–water partition coefficient (Wildman–Crippen LogP) is 3.37. The lowest BCUT2D eigenvalue weighted by Crippen LogP contribution is -2.45. The van der Waals surface area contributed by atoms with E-state index in [1.165, 1.54) is 34.8 Å². The Morgan fingerprint density at radius 1 is 1.16 bits per heavy atom. The van der Waals surface area contributed by atoms with E-state index >= 15 is 0 Å². The van der Waals surface area contributed by atoms with Crippen molar-refractivity contribution in [2.24, 2.45) is 5.41 Å². The van der Waals surface area contributed by atoms with Gasteiger partial charge in [-0.2, -0.15) is 0 Å². The van der Waals surface area contributed by atoms with Crippen molar-refractivity contribution in [3.05, 3.63) is 15.6 Å². The number of fused-ring (bicyclic) bond motifs is 1. The van der Waals surface area contributed by atoms with Crippen LogP contribution in [0.15, 0.2) is 0 Å². The summed E-state index contributed by atoms with van der Waals surface area (Å²) in [6.45, 7) is 1.48. The maximum Gasteiger partial charge on any atom is 0.310 e. The fourth-order valence-corrected chi connectivity index (χ4v) is 5.72. The Hall–Kier alpha value is -1.43. The second-order valence-corrected chi connectivity index (χ2v) is 9.02. The zero-order valence-electron chi connectivity index (χ0n) is 14.6. The molecule has 6 heteroatoms. The molecule has 2 heterocycles. The summed E-state index contributed by atoms with van der Waals surface area (Å²) < 4.78 is 0. The highest BCUT2D eigenvalue weighted by Gasteiger charge is 2.46. The second-order valence-electron chi connectivity index (χ2n) is 7.90. The van der Waals surface area contributed by atoms with Crippen molar-refractivity contribution < 1.29 is 14.7 Å². The van der Waals surface area contributed by atoms with Crippen LogP contribution < -0.4 is 0 Å². The van der Waals surface area contributed by atoms with Crippen molar-refractivity contribution in [1.29, 1.82) is 0 Å². The van der Waals surface area contributed by atoms with Crippen LogP contribution in [0.2, 0.25) is 0 Å². The third-order valence-corrected chi connectivity index (χ3v) is 7.63. The summed E-state index contributed by atoms with van der Waals surface area (Å²) in [5.74, 6) is -0.300. The van der Waals surface area contributed by atoms with Crippen molar-refractivity contribution in [2.45, 2.75) is 70.1 Å². The van der Waals surface area contributed by atoms with Crippen LogP contribution in [0, 0.1) is 5.41 Å². The first-order chi connectivity index (χ1) is 12.1. The smallest absolute Gasteiger partial charge is 0.310 e. The van der Waals surface area contributed by atoms with Crippen molar-refractivity contribution in [1.82, 2.24) is 9.88 Å². The van der Waals surface area contributed by atoms with Crippen molar-refractivity contribution in [3.8, 4) is 0 Å². The minimum atomic E-state index is -0.796. The SMILES string of the molecule is O=C(CC1(C(=O)O)CCC1)N1CCC(c2nc3c(s2)CCCC3)CC1. The first-order valence-corrected chi connectivity index (χ1v) is 10.4. The van der Waals surface area contributed by atoms with Gasteiger partial charge in [-0.1, -0.05) is 6.42 Å². The number of hydrogen-bond donors (Lipinski definition) is 1. The van der Waals surface area contributed by atoms with Gasteiger partial charge in [0.2, 0.25) is 5.91 Å². The van der Waals surface area contributed by atoms with Crippen LogP contribution in [0.3, 0.4) is 0 Å². The molecular formula is C19H26N2O3S. The number of thiazole rings is 1. The number of carbonyl (C=O) groups excluding carboxylic acids is 1. The molecule has 0 atom stereocenters. The molecule has 25 heavy (non-hydrogen) atoms. The molecule has 3 aliphatic rings. The number of rotatable bonds is 4. The van der Waals surface area contributed by atoms with E-state index in [1.807, 2.05) is 16.2 Å². The molecule has 1 amide bonds. The average molecular weight is 362 g/mol. The van der Waals surface area contributed by atoms with Gasteiger partial charge in [-0.05, 0) is 51.4 Å². The van der Waals surface area contributed by atoms with Crippen LogP contribution in [0.5, 0.6) is 0 Å². The summed E-state index contributed by atoms with van der Waals surface area (Å²) in [5, 5.41) is 10.7. The van der Waals surface area contributed by atoms with E-state index in [2.05, 4.69) is 0 Å². The quantitative estimate of drug-likeness (QED) is 0.891. The van der Waals surface area contributed by atoms with Crippen LogP contribution in [-0.2, 0) is 22.4 Å². The molecule has 1 aliphatic heterocycles. The van der Waals surface area contributed by atoms with Gasteiger partial charge in [0, 0.05) is 30.3 Å². The van der Waals surface area contributed by atoms with Gasteiger partial charge in [0.25, 0.3) is 0 Å². The molecule has 2 aliphatic carbocycles. The van der Waals surface area contributed by atoms with Gasteiger partial charge in [-0.15, -0.1) is 11.3 Å². The maximum absolute atomic E-state index is 12.6. The first kappa shape index (κ1) is 17.0. The van der Waals surface area contributed by atoms with Gasteiger partial charge >= 0.3 is 5.97 Å². The Morgan fingerprint density at radius 3 is 2.48 bits per heavy atom. The first-order valence-electron chi connectivity index (χ1n) is 9.57. The molecule has 1 N–H and O–H groups in total. The van der Waals surface area contributed by atoms with Gasteiger partial charge < -0.3 is 10.0 Å². The number of carboxylic acids is 1. The van der Waals surface area contributed by atoms with Crippen molar-refractivity contribution in [2.75, 3.05) is 13.1 Å². The van der Waals surface area contributed by atoms with E-state index < -0.39 is 11.4 Å². The number of piperidine rings is 1. The lowest BCUT2D eigenvalue weighted by Gasteiger charge is -2.39. The number of likely N-dealkylation sites (tertiary alicyclic amines) is 1. The van der Waals surface area contributed by atoms with E-state index in [9.17, 15) is 14.7 Å². The van der Waals surface area contributed by atoms with Crippen molar-refractivity contribution in [3.63, 3.8) is 0 Å². The number of aliphatic carboxylic acids is 1. The van der Waals surface area contributed by atoms with E-state index in [-0.39, 0.29) is 12.3 Å². The summed E-state index contributed by atoms with van der Waals surface area (Å²) in [7, 11) is 0. The number of carboxylic acid groups (broad SMARTS) is 1. The maximum atomic E-state index is 12.6. The summed E-state index contributed by atoms with van der Waals surface area (Å²) in [5.41, 5.74) is 0.542. The second kappa shape index (κ2) is 6.71. The zero-order valence-corrected chi connectivity index (χ0v) is 15.4. The van der Waals surface area contributed by atoms with Gasteiger partial charge in [0.1, 0.15) is 0 Å². The standard InChI is InChI=1S/C19H26N2O3S/c22-16(12-19(18(23)24)8-3-9-19)21-10-6-13(7-11-21)17-20-14-4-1-2-5-15(14)25-17/h13H,1-12H2,(H,23,24). The molecule has 4 rings (SSSR count). The lowest BCUT2D eigenvalue weighted by molar-refractivity contribution is -0.159. The molecule has 136 valence electrons. The normalized spacial score (nSPS) is 23.0. The third kappa shape index (κ3) is 3.21. The number of aryl methyl sites for hydroxylation is 2. The Morgan fingerprint density at radius 2 is 1.88 bits per heavy atom.